The fraction of sp³-hybridized carbons (Fsp3) is 1.00. The molecule has 30 heavy (non-hydrogen) atoms. The van der Waals surface area contributed by atoms with Crippen molar-refractivity contribution in [2.75, 3.05) is 6.61 Å². The van der Waals surface area contributed by atoms with E-state index in [1.165, 1.54) is 83.5 Å². The van der Waals surface area contributed by atoms with Crippen LogP contribution in [0.3, 0.4) is 0 Å². The Hall–Kier alpha value is 0.870. The number of aliphatic hydroxyl groups is 1. The number of unbranched alkanes of at least 4 members (excludes halogenated alkanes) is 17. The molecule has 0 bridgehead atoms. The largest absolute Gasteiger partial charge is 1.00 e. The van der Waals surface area contributed by atoms with E-state index in [1.807, 2.05) is 0 Å². The van der Waals surface area contributed by atoms with Gasteiger partial charge in [-0.2, -0.15) is 0 Å². The van der Waals surface area contributed by atoms with Crippen molar-refractivity contribution in [2.24, 2.45) is 0 Å². The molecule has 0 saturated heterocycles. The third-order valence-electron chi connectivity index (χ3n) is 5.97. The fourth-order valence-electron chi connectivity index (χ4n) is 4.01. The van der Waals surface area contributed by atoms with Gasteiger partial charge in [-0.25, -0.2) is 8.42 Å². The minimum absolute atomic E-state index is 0. The van der Waals surface area contributed by atoms with Crippen LogP contribution in [0.25, 0.3) is 0 Å². The molecular weight excluding hydrogens is 407 g/mol. The number of hydrogen-bond acceptors (Lipinski definition) is 4. The molecule has 0 saturated carbocycles. The zero-order valence-electron chi connectivity index (χ0n) is 20.2. The maximum absolute atomic E-state index is 11.4. The summed E-state index contributed by atoms with van der Waals surface area (Å²) < 4.78 is 34.1. The van der Waals surface area contributed by atoms with Gasteiger partial charge in [-0.05, 0) is 19.3 Å². The summed E-state index contributed by atoms with van der Waals surface area (Å²) in [6.07, 6.45) is 23.9. The summed E-state index contributed by atoms with van der Waals surface area (Å²) in [6.45, 7) is 2.40. The van der Waals surface area contributed by atoms with Crippen LogP contribution in [-0.2, 0) is 10.1 Å². The van der Waals surface area contributed by atoms with Crippen molar-refractivity contribution in [2.45, 2.75) is 147 Å². The van der Waals surface area contributed by atoms with Crippen molar-refractivity contribution < 1.29 is 47.6 Å². The van der Waals surface area contributed by atoms with E-state index in [4.69, 9.17) is 5.11 Å². The standard InChI is InChI=1S/C24H50O4S.Na/c1-2-3-4-5-6-7-8-9-10-11-12-13-14-15-16-18-21-24(29(26,27)28)22-19-17-20-23-25;/h24-25H,2-23H2,1H3,(H,26,27,28);/q;+1/p-1. The third kappa shape index (κ3) is 23.5. The summed E-state index contributed by atoms with van der Waals surface area (Å²) in [6, 6.07) is 0. The molecule has 4 nitrogen and oxygen atoms in total. The predicted octanol–water partition coefficient (Wildman–Crippen LogP) is 4.11. The van der Waals surface area contributed by atoms with E-state index in [0.717, 1.165) is 25.7 Å². The molecule has 1 N–H and O–H groups in total. The Morgan fingerprint density at radius 1 is 0.600 bits per heavy atom. The number of hydrogen-bond donors (Lipinski definition) is 1. The first-order chi connectivity index (χ1) is 14.0. The van der Waals surface area contributed by atoms with Crippen molar-refractivity contribution in [3.8, 4) is 0 Å². The first-order valence-corrected chi connectivity index (χ1v) is 14.0. The molecule has 0 aromatic heterocycles. The molecule has 0 aliphatic heterocycles. The summed E-state index contributed by atoms with van der Waals surface area (Å²) in [5.41, 5.74) is 0. The van der Waals surface area contributed by atoms with Crippen molar-refractivity contribution in [1.82, 2.24) is 0 Å². The van der Waals surface area contributed by atoms with Crippen LogP contribution < -0.4 is 29.6 Å². The van der Waals surface area contributed by atoms with Crippen molar-refractivity contribution >= 4 is 10.1 Å². The minimum Gasteiger partial charge on any atom is -0.748 e. The summed E-state index contributed by atoms with van der Waals surface area (Å²) >= 11 is 0. The SMILES string of the molecule is CCCCCCCCCCCCCCCCCCC(CCCCCO)S(=O)(=O)[O-].[Na+]. The molecule has 0 aromatic rings. The van der Waals surface area contributed by atoms with Gasteiger partial charge in [-0.15, -0.1) is 0 Å². The Kier molecular flexibility index (Phi) is 27.0. The average molecular weight is 457 g/mol. The summed E-state index contributed by atoms with van der Waals surface area (Å²) in [4.78, 5) is 0. The van der Waals surface area contributed by atoms with Gasteiger partial charge < -0.3 is 9.66 Å². The molecule has 6 heteroatoms. The molecule has 0 aliphatic carbocycles. The van der Waals surface area contributed by atoms with E-state index in [1.54, 1.807) is 0 Å². The zero-order valence-corrected chi connectivity index (χ0v) is 23.0. The van der Waals surface area contributed by atoms with Crippen molar-refractivity contribution in [1.29, 1.82) is 0 Å². The molecule has 0 rings (SSSR count). The second kappa shape index (κ2) is 24.5. The van der Waals surface area contributed by atoms with Crippen LogP contribution in [0.4, 0.5) is 0 Å². The molecule has 0 spiro atoms. The Labute approximate surface area is 210 Å². The molecular formula is C24H49NaO4S. The van der Waals surface area contributed by atoms with Gasteiger partial charge in [0.25, 0.3) is 0 Å². The normalized spacial score (nSPS) is 12.6. The molecule has 0 radical (unpaired) electrons. The van der Waals surface area contributed by atoms with Gasteiger partial charge >= 0.3 is 29.6 Å². The molecule has 1 atom stereocenters. The van der Waals surface area contributed by atoms with Crippen LogP contribution in [-0.4, -0.2) is 29.9 Å². The maximum atomic E-state index is 11.4. The Morgan fingerprint density at radius 3 is 1.20 bits per heavy atom. The first-order valence-electron chi connectivity index (χ1n) is 12.6. The van der Waals surface area contributed by atoms with E-state index in [9.17, 15) is 13.0 Å². The Balaban J connectivity index is 0. The minimum atomic E-state index is -4.19. The molecule has 0 aliphatic rings. The summed E-state index contributed by atoms with van der Waals surface area (Å²) in [7, 11) is -4.19. The van der Waals surface area contributed by atoms with Crippen molar-refractivity contribution in [3.63, 3.8) is 0 Å². The first kappa shape index (κ1) is 33.0. The summed E-state index contributed by atoms with van der Waals surface area (Å²) in [5.74, 6) is 0. The molecule has 0 heterocycles. The molecule has 176 valence electrons. The second-order valence-corrected chi connectivity index (χ2v) is 10.4. The van der Waals surface area contributed by atoms with Crippen molar-refractivity contribution in [3.05, 3.63) is 0 Å². The Morgan fingerprint density at radius 2 is 0.900 bits per heavy atom. The van der Waals surface area contributed by atoms with E-state index >= 15 is 0 Å². The quantitative estimate of drug-likeness (QED) is 0.143. The van der Waals surface area contributed by atoms with Crippen LogP contribution in [0.1, 0.15) is 142 Å². The zero-order chi connectivity index (χ0) is 21.6. The van der Waals surface area contributed by atoms with Crippen LogP contribution >= 0.6 is 0 Å². The van der Waals surface area contributed by atoms with Gasteiger partial charge in [0.05, 0.1) is 10.1 Å². The van der Waals surface area contributed by atoms with Gasteiger partial charge in [0.2, 0.25) is 0 Å². The number of rotatable bonds is 23. The number of aliphatic hydroxyl groups excluding tert-OH is 1. The average Bonchev–Trinajstić information content (AvgIpc) is 2.68. The monoisotopic (exact) mass is 456 g/mol. The van der Waals surface area contributed by atoms with E-state index < -0.39 is 15.4 Å². The van der Waals surface area contributed by atoms with Crippen LogP contribution in [0, 0.1) is 0 Å². The predicted molar refractivity (Wildman–Crippen MR) is 123 cm³/mol. The van der Waals surface area contributed by atoms with Gasteiger partial charge in [-0.3, -0.25) is 0 Å². The fourth-order valence-corrected chi connectivity index (χ4v) is 4.92. The molecule has 1 unspecified atom stereocenters. The van der Waals surface area contributed by atoms with Gasteiger partial charge in [0.1, 0.15) is 0 Å². The van der Waals surface area contributed by atoms with Gasteiger partial charge in [-0.1, -0.05) is 122 Å². The van der Waals surface area contributed by atoms with Gasteiger partial charge in [0, 0.05) is 11.9 Å². The maximum Gasteiger partial charge on any atom is 1.00 e. The summed E-state index contributed by atoms with van der Waals surface area (Å²) in [5, 5.41) is 8.04. The van der Waals surface area contributed by atoms with Crippen LogP contribution in [0.15, 0.2) is 0 Å². The van der Waals surface area contributed by atoms with E-state index in [0.29, 0.717) is 25.7 Å². The van der Waals surface area contributed by atoms with Gasteiger partial charge in [0.15, 0.2) is 0 Å². The Bertz CT molecular complexity index is 429. The molecule has 0 aromatic carbocycles. The second-order valence-electron chi connectivity index (χ2n) is 8.78. The third-order valence-corrected chi connectivity index (χ3v) is 7.26. The van der Waals surface area contributed by atoms with E-state index in [2.05, 4.69) is 6.92 Å². The van der Waals surface area contributed by atoms with E-state index in [-0.39, 0.29) is 36.2 Å². The van der Waals surface area contributed by atoms with Crippen LogP contribution in [0.2, 0.25) is 0 Å². The topological polar surface area (TPSA) is 77.4 Å². The molecule has 0 amide bonds. The molecule has 0 fully saturated rings. The van der Waals surface area contributed by atoms with Crippen LogP contribution in [0.5, 0.6) is 0 Å². The smallest absolute Gasteiger partial charge is 0.748 e.